The molecule has 0 aliphatic carbocycles. The van der Waals surface area contributed by atoms with E-state index in [2.05, 4.69) is 41.4 Å². The van der Waals surface area contributed by atoms with Gasteiger partial charge in [-0.1, -0.05) is 30.3 Å². The van der Waals surface area contributed by atoms with E-state index >= 15 is 0 Å². The molecule has 2 amide bonds. The topological polar surface area (TPSA) is 55.8 Å². The second-order valence-corrected chi connectivity index (χ2v) is 8.07. The van der Waals surface area contributed by atoms with Crippen LogP contribution in [0.5, 0.6) is 0 Å². The number of aliphatic hydroxyl groups is 1. The highest BCUT2D eigenvalue weighted by Gasteiger charge is 2.36. The minimum absolute atomic E-state index is 0.00813. The molecular formula is C21H33N3O2. The Bertz CT molecular complexity index is 564. The summed E-state index contributed by atoms with van der Waals surface area (Å²) in [6.07, 6.45) is 5.74. The molecule has 2 aliphatic heterocycles. The van der Waals surface area contributed by atoms with E-state index in [1.165, 1.54) is 18.4 Å². The van der Waals surface area contributed by atoms with Crippen molar-refractivity contribution in [3.63, 3.8) is 0 Å². The Labute approximate surface area is 157 Å². The van der Waals surface area contributed by atoms with Crippen LogP contribution in [0.1, 0.15) is 44.6 Å². The Balaban J connectivity index is 1.38. The Morgan fingerprint density at radius 3 is 2.46 bits per heavy atom. The normalized spacial score (nSPS) is 21.5. The summed E-state index contributed by atoms with van der Waals surface area (Å²) in [6.45, 7) is 6.31. The average Bonchev–Trinajstić information content (AvgIpc) is 3.14. The highest BCUT2D eigenvalue weighted by Crippen LogP contribution is 2.25. The Hall–Kier alpha value is -1.59. The van der Waals surface area contributed by atoms with Gasteiger partial charge in [0.05, 0.1) is 5.60 Å². The molecule has 0 unspecified atom stereocenters. The summed E-state index contributed by atoms with van der Waals surface area (Å²) < 4.78 is 0. The van der Waals surface area contributed by atoms with Gasteiger partial charge in [-0.2, -0.15) is 0 Å². The van der Waals surface area contributed by atoms with Crippen molar-refractivity contribution in [2.45, 2.75) is 57.1 Å². The van der Waals surface area contributed by atoms with Gasteiger partial charge in [-0.05, 0) is 64.1 Å². The van der Waals surface area contributed by atoms with Crippen LogP contribution in [0.25, 0.3) is 0 Å². The van der Waals surface area contributed by atoms with Crippen LogP contribution in [-0.4, -0.2) is 65.3 Å². The number of aryl methyl sites for hydroxylation is 1. The number of piperidine rings is 1. The van der Waals surface area contributed by atoms with E-state index in [0.29, 0.717) is 25.9 Å². The molecule has 1 atom stereocenters. The van der Waals surface area contributed by atoms with Crippen LogP contribution >= 0.6 is 0 Å². The zero-order chi connectivity index (χ0) is 18.4. The fourth-order valence-electron chi connectivity index (χ4n) is 4.04. The summed E-state index contributed by atoms with van der Waals surface area (Å²) in [7, 11) is 0. The van der Waals surface area contributed by atoms with Gasteiger partial charge < -0.3 is 20.2 Å². The van der Waals surface area contributed by atoms with Crippen molar-refractivity contribution in [2.24, 2.45) is 0 Å². The van der Waals surface area contributed by atoms with Crippen LogP contribution in [0.15, 0.2) is 30.3 Å². The molecule has 0 saturated carbocycles. The van der Waals surface area contributed by atoms with Crippen LogP contribution in [0.4, 0.5) is 4.79 Å². The number of benzene rings is 1. The molecule has 5 heteroatoms. The summed E-state index contributed by atoms with van der Waals surface area (Å²) in [6, 6.07) is 10.5. The maximum atomic E-state index is 12.5. The van der Waals surface area contributed by atoms with Gasteiger partial charge >= 0.3 is 6.03 Å². The van der Waals surface area contributed by atoms with Gasteiger partial charge in [-0.3, -0.25) is 0 Å². The SMILES string of the molecule is C[C@H](CCc1ccccc1)NC(=O)N1CCC(O)(CN2CCCC2)CC1. The third-order valence-electron chi connectivity index (χ3n) is 5.78. The molecule has 2 aliphatic rings. The zero-order valence-electron chi connectivity index (χ0n) is 16.0. The molecule has 2 saturated heterocycles. The molecule has 3 rings (SSSR count). The first-order valence-corrected chi connectivity index (χ1v) is 10.1. The molecule has 1 aromatic rings. The maximum absolute atomic E-state index is 12.5. The van der Waals surface area contributed by atoms with E-state index in [4.69, 9.17) is 0 Å². The lowest BCUT2D eigenvalue weighted by Gasteiger charge is -2.40. The number of β-amino-alcohol motifs (C(OH)–C–C–N with tert-alkyl or cyclic N) is 1. The van der Waals surface area contributed by atoms with Crippen LogP contribution < -0.4 is 5.32 Å². The number of rotatable bonds is 6. The van der Waals surface area contributed by atoms with Crippen molar-refractivity contribution in [1.29, 1.82) is 0 Å². The van der Waals surface area contributed by atoms with E-state index in [1.54, 1.807) is 0 Å². The lowest BCUT2D eigenvalue weighted by Crippen LogP contribution is -2.54. The molecule has 5 nitrogen and oxygen atoms in total. The number of nitrogens with one attached hydrogen (secondary N) is 1. The van der Waals surface area contributed by atoms with Crippen molar-refractivity contribution in [3.8, 4) is 0 Å². The van der Waals surface area contributed by atoms with Crippen molar-refractivity contribution in [3.05, 3.63) is 35.9 Å². The second-order valence-electron chi connectivity index (χ2n) is 8.07. The first-order valence-electron chi connectivity index (χ1n) is 10.1. The summed E-state index contributed by atoms with van der Waals surface area (Å²) in [5.74, 6) is 0. The molecule has 2 fully saturated rings. The van der Waals surface area contributed by atoms with Gasteiger partial charge in [0.25, 0.3) is 0 Å². The second kappa shape index (κ2) is 8.87. The largest absolute Gasteiger partial charge is 0.388 e. The molecular weight excluding hydrogens is 326 g/mol. The van der Waals surface area contributed by atoms with E-state index in [0.717, 1.165) is 32.5 Å². The molecule has 1 aromatic carbocycles. The number of nitrogens with zero attached hydrogens (tertiary/aromatic N) is 2. The van der Waals surface area contributed by atoms with Crippen LogP contribution in [0, 0.1) is 0 Å². The van der Waals surface area contributed by atoms with Gasteiger partial charge in [-0.15, -0.1) is 0 Å². The Morgan fingerprint density at radius 1 is 1.15 bits per heavy atom. The molecule has 0 radical (unpaired) electrons. The number of carbonyl (C=O) groups is 1. The summed E-state index contributed by atoms with van der Waals surface area (Å²) in [5, 5.41) is 13.9. The number of hydrogen-bond acceptors (Lipinski definition) is 3. The Kier molecular flexibility index (Phi) is 6.54. The smallest absolute Gasteiger partial charge is 0.317 e. The highest BCUT2D eigenvalue weighted by atomic mass is 16.3. The standard InChI is InChI=1S/C21H33N3O2/c1-18(9-10-19-7-3-2-4-8-19)22-20(25)24-15-11-21(26,12-16-24)17-23-13-5-6-14-23/h2-4,7-8,18,26H,5-6,9-17H2,1H3,(H,22,25)/t18-/m1/s1. The third-order valence-corrected chi connectivity index (χ3v) is 5.78. The number of amides is 2. The predicted octanol–water partition coefficient (Wildman–Crippen LogP) is 2.64. The number of likely N-dealkylation sites (tertiary alicyclic amines) is 2. The van der Waals surface area contributed by atoms with Gasteiger partial charge in [0.2, 0.25) is 0 Å². The molecule has 144 valence electrons. The minimum Gasteiger partial charge on any atom is -0.388 e. The number of urea groups is 1. The van der Waals surface area contributed by atoms with E-state index in [-0.39, 0.29) is 12.1 Å². The molecule has 0 spiro atoms. The lowest BCUT2D eigenvalue weighted by atomic mass is 9.91. The number of carbonyl (C=O) groups excluding carboxylic acids is 1. The highest BCUT2D eigenvalue weighted by molar-refractivity contribution is 5.74. The van der Waals surface area contributed by atoms with Crippen LogP contribution in [0.3, 0.4) is 0 Å². The van der Waals surface area contributed by atoms with Crippen molar-refractivity contribution in [2.75, 3.05) is 32.7 Å². The first kappa shape index (κ1) is 19.2. The van der Waals surface area contributed by atoms with Gasteiger partial charge in [0.15, 0.2) is 0 Å². The zero-order valence-corrected chi connectivity index (χ0v) is 16.0. The van der Waals surface area contributed by atoms with Crippen molar-refractivity contribution >= 4 is 6.03 Å². The maximum Gasteiger partial charge on any atom is 0.317 e. The Morgan fingerprint density at radius 2 is 1.81 bits per heavy atom. The molecule has 0 bridgehead atoms. The third kappa shape index (κ3) is 5.45. The summed E-state index contributed by atoms with van der Waals surface area (Å²) >= 11 is 0. The molecule has 26 heavy (non-hydrogen) atoms. The van der Waals surface area contributed by atoms with E-state index in [1.807, 2.05) is 11.0 Å². The summed E-state index contributed by atoms with van der Waals surface area (Å²) in [5.41, 5.74) is 0.679. The first-order chi connectivity index (χ1) is 12.5. The monoisotopic (exact) mass is 359 g/mol. The van der Waals surface area contributed by atoms with Crippen molar-refractivity contribution in [1.82, 2.24) is 15.1 Å². The van der Waals surface area contributed by atoms with Crippen LogP contribution in [0.2, 0.25) is 0 Å². The molecule has 0 aromatic heterocycles. The molecule has 2 N–H and O–H groups in total. The summed E-state index contributed by atoms with van der Waals surface area (Å²) in [4.78, 5) is 16.7. The quantitative estimate of drug-likeness (QED) is 0.821. The van der Waals surface area contributed by atoms with Gasteiger partial charge in [0, 0.05) is 25.7 Å². The predicted molar refractivity (Wildman–Crippen MR) is 104 cm³/mol. The van der Waals surface area contributed by atoms with Gasteiger partial charge in [-0.25, -0.2) is 4.79 Å². The van der Waals surface area contributed by atoms with E-state index in [9.17, 15) is 9.90 Å². The van der Waals surface area contributed by atoms with Crippen molar-refractivity contribution < 1.29 is 9.90 Å². The fraction of sp³-hybridized carbons (Fsp3) is 0.667. The number of hydrogen-bond donors (Lipinski definition) is 2. The molecule has 2 heterocycles. The van der Waals surface area contributed by atoms with Gasteiger partial charge in [0.1, 0.15) is 0 Å². The fourth-order valence-corrected chi connectivity index (χ4v) is 4.04. The lowest BCUT2D eigenvalue weighted by molar-refractivity contribution is -0.0340. The minimum atomic E-state index is -0.625. The van der Waals surface area contributed by atoms with E-state index < -0.39 is 5.60 Å². The average molecular weight is 360 g/mol. The van der Waals surface area contributed by atoms with Crippen LogP contribution in [-0.2, 0) is 6.42 Å².